The molecule has 0 unspecified atom stereocenters. The number of pyridine rings is 2. The summed E-state index contributed by atoms with van der Waals surface area (Å²) in [6.45, 7) is 8.50. The van der Waals surface area contributed by atoms with Crippen LogP contribution >= 0.6 is 0 Å². The summed E-state index contributed by atoms with van der Waals surface area (Å²) in [4.78, 5) is 23.5. The molecule has 2 atom stereocenters. The summed E-state index contributed by atoms with van der Waals surface area (Å²) < 4.78 is 5.49. The summed E-state index contributed by atoms with van der Waals surface area (Å²) in [5.41, 5.74) is 3.96. The first kappa shape index (κ1) is 17.8. The van der Waals surface area contributed by atoms with Crippen molar-refractivity contribution in [3.63, 3.8) is 0 Å². The Morgan fingerprint density at radius 3 is 3.00 bits per heavy atom. The van der Waals surface area contributed by atoms with Crippen LogP contribution in [0.3, 0.4) is 0 Å². The number of aryl methyl sites for hydroxylation is 1. The number of aromatic nitrogens is 2. The lowest BCUT2D eigenvalue weighted by atomic mass is 9.97. The smallest absolute Gasteiger partial charge is 0.413 e. The third-order valence-corrected chi connectivity index (χ3v) is 5.37. The van der Waals surface area contributed by atoms with Gasteiger partial charge in [0.15, 0.2) is 0 Å². The average Bonchev–Trinajstić information content (AvgIpc) is 2.66. The maximum Gasteiger partial charge on any atom is 0.413 e. The number of cyclic esters (lactones) is 1. The van der Waals surface area contributed by atoms with E-state index in [-0.39, 0.29) is 6.10 Å². The number of anilines is 2. The van der Waals surface area contributed by atoms with E-state index in [0.717, 1.165) is 35.7 Å². The SMILES string of the molecule is CC[C@@H]1OC(=O)Nc2nccc(-c3cc(C)cc(N4CCC[C@@H](C)C4)n3)c21. The van der Waals surface area contributed by atoms with Gasteiger partial charge in [0, 0.05) is 30.4 Å². The zero-order valence-electron chi connectivity index (χ0n) is 16.2. The van der Waals surface area contributed by atoms with Crippen molar-refractivity contribution >= 4 is 17.7 Å². The van der Waals surface area contributed by atoms with Crippen molar-refractivity contribution in [2.24, 2.45) is 5.92 Å². The van der Waals surface area contributed by atoms with Crippen LogP contribution in [0.5, 0.6) is 0 Å². The molecule has 4 heterocycles. The first-order valence-electron chi connectivity index (χ1n) is 9.75. The maximum absolute atomic E-state index is 11.8. The van der Waals surface area contributed by atoms with Gasteiger partial charge in [0.05, 0.1) is 5.69 Å². The van der Waals surface area contributed by atoms with Gasteiger partial charge in [-0.2, -0.15) is 0 Å². The maximum atomic E-state index is 11.8. The van der Waals surface area contributed by atoms with Crippen LogP contribution in [-0.2, 0) is 4.74 Å². The van der Waals surface area contributed by atoms with Gasteiger partial charge in [-0.05, 0) is 55.9 Å². The van der Waals surface area contributed by atoms with Gasteiger partial charge in [0.25, 0.3) is 0 Å². The van der Waals surface area contributed by atoms with Gasteiger partial charge in [0.1, 0.15) is 17.7 Å². The summed E-state index contributed by atoms with van der Waals surface area (Å²) >= 11 is 0. The normalized spacial score (nSPS) is 22.0. The number of ether oxygens (including phenoxy) is 1. The molecule has 0 saturated carbocycles. The molecule has 4 rings (SSSR count). The summed E-state index contributed by atoms with van der Waals surface area (Å²) in [6, 6.07) is 6.22. The first-order valence-corrected chi connectivity index (χ1v) is 9.75. The topological polar surface area (TPSA) is 67.3 Å². The molecule has 27 heavy (non-hydrogen) atoms. The van der Waals surface area contributed by atoms with E-state index in [9.17, 15) is 4.79 Å². The second-order valence-electron chi connectivity index (χ2n) is 7.63. The Labute approximate surface area is 160 Å². The average molecular weight is 366 g/mol. The van der Waals surface area contributed by atoms with E-state index in [1.165, 1.54) is 18.4 Å². The number of hydrogen-bond donors (Lipinski definition) is 1. The highest BCUT2D eigenvalue weighted by molar-refractivity contribution is 5.89. The zero-order valence-corrected chi connectivity index (χ0v) is 16.2. The number of hydrogen-bond acceptors (Lipinski definition) is 5. The number of nitrogens with one attached hydrogen (secondary N) is 1. The Bertz CT molecular complexity index is 867. The van der Waals surface area contributed by atoms with Crippen LogP contribution in [0.25, 0.3) is 11.3 Å². The minimum atomic E-state index is -0.445. The molecule has 1 fully saturated rings. The number of piperidine rings is 1. The van der Waals surface area contributed by atoms with E-state index < -0.39 is 6.09 Å². The largest absolute Gasteiger partial charge is 0.441 e. The molecule has 1 N–H and O–H groups in total. The molecule has 0 spiro atoms. The highest BCUT2D eigenvalue weighted by Crippen LogP contribution is 2.39. The number of fused-ring (bicyclic) bond motifs is 1. The molecule has 6 heteroatoms. The number of carbonyl (C=O) groups excluding carboxylic acids is 1. The minimum absolute atomic E-state index is 0.307. The number of nitrogens with zero attached hydrogens (tertiary/aromatic N) is 3. The van der Waals surface area contributed by atoms with Crippen molar-refractivity contribution in [2.45, 2.75) is 46.1 Å². The van der Waals surface area contributed by atoms with Gasteiger partial charge in [-0.1, -0.05) is 13.8 Å². The molecule has 0 aromatic carbocycles. The quantitative estimate of drug-likeness (QED) is 0.853. The zero-order chi connectivity index (χ0) is 19.0. The lowest BCUT2D eigenvalue weighted by molar-refractivity contribution is 0.104. The second-order valence-corrected chi connectivity index (χ2v) is 7.63. The van der Waals surface area contributed by atoms with Crippen molar-refractivity contribution in [3.8, 4) is 11.3 Å². The van der Waals surface area contributed by atoms with Gasteiger partial charge < -0.3 is 9.64 Å². The Hall–Kier alpha value is -2.63. The fraction of sp³-hybridized carbons (Fsp3) is 0.476. The van der Waals surface area contributed by atoms with E-state index in [2.05, 4.69) is 41.2 Å². The molecule has 0 bridgehead atoms. The van der Waals surface area contributed by atoms with E-state index in [1.807, 2.05) is 13.0 Å². The van der Waals surface area contributed by atoms with Gasteiger partial charge >= 0.3 is 6.09 Å². The highest BCUT2D eigenvalue weighted by atomic mass is 16.6. The fourth-order valence-corrected chi connectivity index (χ4v) is 4.07. The molecule has 0 radical (unpaired) electrons. The molecular formula is C21H26N4O2. The monoisotopic (exact) mass is 366 g/mol. The van der Waals surface area contributed by atoms with E-state index in [0.29, 0.717) is 18.2 Å². The van der Waals surface area contributed by atoms with Crippen LogP contribution in [0.15, 0.2) is 24.4 Å². The second kappa shape index (κ2) is 7.18. The molecule has 2 aliphatic rings. The number of carbonyl (C=O) groups is 1. The summed E-state index contributed by atoms with van der Waals surface area (Å²) in [5.74, 6) is 2.29. The summed E-state index contributed by atoms with van der Waals surface area (Å²) in [7, 11) is 0. The van der Waals surface area contributed by atoms with Gasteiger partial charge in [-0.3, -0.25) is 5.32 Å². The molecule has 142 valence electrons. The standard InChI is InChI=1S/C21H26N4O2/c1-4-17-19-15(7-8-22-20(19)24-21(26)27-17)16-10-14(3)11-18(23-16)25-9-5-6-13(2)12-25/h7-8,10-11,13,17H,4-6,9,12H2,1-3H3,(H,22,24,26)/t13-,17+/m1/s1. The Kier molecular flexibility index (Phi) is 4.72. The minimum Gasteiger partial charge on any atom is -0.441 e. The summed E-state index contributed by atoms with van der Waals surface area (Å²) in [5, 5.41) is 2.72. The number of amides is 1. The van der Waals surface area contributed by atoms with E-state index in [4.69, 9.17) is 9.72 Å². The Balaban J connectivity index is 1.78. The van der Waals surface area contributed by atoms with Crippen LogP contribution in [0, 0.1) is 12.8 Å². The lowest BCUT2D eigenvalue weighted by Gasteiger charge is -2.32. The van der Waals surface area contributed by atoms with Crippen molar-refractivity contribution in [3.05, 3.63) is 35.5 Å². The molecule has 1 amide bonds. The first-order chi connectivity index (χ1) is 13.0. The van der Waals surface area contributed by atoms with Crippen LogP contribution in [-0.4, -0.2) is 29.2 Å². The molecule has 1 saturated heterocycles. The molecule has 2 aliphatic heterocycles. The molecular weight excluding hydrogens is 340 g/mol. The van der Waals surface area contributed by atoms with Crippen molar-refractivity contribution in [1.82, 2.24) is 9.97 Å². The van der Waals surface area contributed by atoms with Crippen LogP contribution in [0.1, 0.15) is 50.3 Å². The summed E-state index contributed by atoms with van der Waals surface area (Å²) in [6.07, 6.45) is 4.15. The predicted molar refractivity (Wildman–Crippen MR) is 106 cm³/mol. The Morgan fingerprint density at radius 2 is 2.22 bits per heavy atom. The lowest BCUT2D eigenvalue weighted by Crippen LogP contribution is -2.34. The van der Waals surface area contributed by atoms with Crippen LogP contribution in [0.4, 0.5) is 16.4 Å². The van der Waals surface area contributed by atoms with Gasteiger partial charge in [-0.25, -0.2) is 14.8 Å². The van der Waals surface area contributed by atoms with Crippen molar-refractivity contribution in [1.29, 1.82) is 0 Å². The van der Waals surface area contributed by atoms with E-state index >= 15 is 0 Å². The van der Waals surface area contributed by atoms with Crippen molar-refractivity contribution in [2.75, 3.05) is 23.3 Å². The van der Waals surface area contributed by atoms with Gasteiger partial charge in [-0.15, -0.1) is 0 Å². The molecule has 2 aromatic heterocycles. The molecule has 6 nitrogen and oxygen atoms in total. The number of rotatable bonds is 3. The highest BCUT2D eigenvalue weighted by Gasteiger charge is 2.29. The van der Waals surface area contributed by atoms with E-state index in [1.54, 1.807) is 6.20 Å². The molecule has 2 aromatic rings. The van der Waals surface area contributed by atoms with Crippen LogP contribution in [0.2, 0.25) is 0 Å². The van der Waals surface area contributed by atoms with Crippen molar-refractivity contribution < 1.29 is 9.53 Å². The fourth-order valence-electron chi connectivity index (χ4n) is 4.07. The predicted octanol–water partition coefficient (Wildman–Crippen LogP) is 4.70. The Morgan fingerprint density at radius 1 is 1.37 bits per heavy atom. The van der Waals surface area contributed by atoms with Crippen LogP contribution < -0.4 is 10.2 Å². The van der Waals surface area contributed by atoms with Gasteiger partial charge in [0.2, 0.25) is 0 Å². The molecule has 0 aliphatic carbocycles. The third kappa shape index (κ3) is 3.48. The third-order valence-electron chi connectivity index (χ3n) is 5.37.